The number of ether oxygens (including phenoxy) is 2. The van der Waals surface area contributed by atoms with Gasteiger partial charge in [-0.2, -0.15) is 5.26 Å². The molecule has 1 saturated heterocycles. The Balaban J connectivity index is 0.00000117. The van der Waals surface area contributed by atoms with Crippen LogP contribution >= 0.6 is 0 Å². The van der Waals surface area contributed by atoms with Crippen molar-refractivity contribution in [3.63, 3.8) is 0 Å². The third-order valence-corrected chi connectivity index (χ3v) is 3.38. The summed E-state index contributed by atoms with van der Waals surface area (Å²) < 4.78 is 11.4. The highest BCUT2D eigenvalue weighted by Crippen LogP contribution is 2.20. The number of rotatable bonds is 5. The number of nitrogens with one attached hydrogen (secondary N) is 2. The zero-order chi connectivity index (χ0) is 18.8. The lowest BCUT2D eigenvalue weighted by Gasteiger charge is -2.23. The van der Waals surface area contributed by atoms with Gasteiger partial charge in [0.1, 0.15) is 36.0 Å². The van der Waals surface area contributed by atoms with E-state index in [0.29, 0.717) is 36.3 Å². The molecular weight excluding hydrogens is 334 g/mol. The first-order valence-corrected chi connectivity index (χ1v) is 8.53. The Labute approximate surface area is 152 Å². The number of hydrogen-bond acceptors (Lipinski definition) is 9. The van der Waals surface area contributed by atoms with Gasteiger partial charge >= 0.3 is 0 Å². The number of nitriles is 1. The summed E-state index contributed by atoms with van der Waals surface area (Å²) in [6.07, 6.45) is 2.86. The van der Waals surface area contributed by atoms with Crippen molar-refractivity contribution < 1.29 is 9.47 Å². The van der Waals surface area contributed by atoms with E-state index in [9.17, 15) is 0 Å². The zero-order valence-corrected chi connectivity index (χ0v) is 15.2. The molecule has 3 heterocycles. The number of hydrogen-bond donors (Lipinski definition) is 2. The SMILES string of the molecule is CC.Cc1nnc(Nc2cnc(C#N)cn2)cc1OCC1CNCCO1. The summed E-state index contributed by atoms with van der Waals surface area (Å²) in [7, 11) is 0. The van der Waals surface area contributed by atoms with E-state index in [1.165, 1.54) is 12.4 Å². The van der Waals surface area contributed by atoms with E-state index in [-0.39, 0.29) is 11.8 Å². The quantitative estimate of drug-likeness (QED) is 0.822. The molecule has 0 aromatic carbocycles. The van der Waals surface area contributed by atoms with Gasteiger partial charge in [0.15, 0.2) is 11.5 Å². The van der Waals surface area contributed by atoms with Gasteiger partial charge in [0.05, 0.1) is 19.0 Å². The van der Waals surface area contributed by atoms with Crippen molar-refractivity contribution in [1.29, 1.82) is 5.26 Å². The van der Waals surface area contributed by atoms with Crippen LogP contribution in [0.25, 0.3) is 0 Å². The normalized spacial score (nSPS) is 16.0. The van der Waals surface area contributed by atoms with Gasteiger partial charge in [-0.05, 0) is 6.92 Å². The highest BCUT2D eigenvalue weighted by Gasteiger charge is 2.15. The molecule has 1 aliphatic heterocycles. The number of anilines is 2. The molecule has 2 aromatic rings. The Bertz CT molecular complexity index is 725. The van der Waals surface area contributed by atoms with Gasteiger partial charge in [-0.1, -0.05) is 13.8 Å². The van der Waals surface area contributed by atoms with E-state index in [4.69, 9.17) is 14.7 Å². The third-order valence-electron chi connectivity index (χ3n) is 3.38. The molecule has 0 spiro atoms. The fourth-order valence-electron chi connectivity index (χ4n) is 2.13. The second-order valence-electron chi connectivity index (χ2n) is 5.21. The summed E-state index contributed by atoms with van der Waals surface area (Å²) in [5.74, 6) is 1.58. The summed E-state index contributed by atoms with van der Waals surface area (Å²) in [5.41, 5.74) is 0.941. The molecule has 0 saturated carbocycles. The first kappa shape index (κ1) is 19.5. The third kappa shape index (κ3) is 5.61. The van der Waals surface area contributed by atoms with Crippen molar-refractivity contribution >= 4 is 11.6 Å². The van der Waals surface area contributed by atoms with Gasteiger partial charge in [-0.3, -0.25) is 0 Å². The molecule has 9 nitrogen and oxygen atoms in total. The zero-order valence-electron chi connectivity index (χ0n) is 15.2. The minimum Gasteiger partial charge on any atom is -0.489 e. The van der Waals surface area contributed by atoms with Crippen molar-refractivity contribution in [2.45, 2.75) is 26.9 Å². The average molecular weight is 357 g/mol. The molecule has 2 N–H and O–H groups in total. The van der Waals surface area contributed by atoms with Gasteiger partial charge in [-0.25, -0.2) is 9.97 Å². The molecule has 1 unspecified atom stereocenters. The molecule has 26 heavy (non-hydrogen) atoms. The maximum absolute atomic E-state index is 8.73. The van der Waals surface area contributed by atoms with Gasteiger partial charge < -0.3 is 20.1 Å². The molecule has 0 amide bonds. The standard InChI is InChI=1S/C15H17N7O2.C2H6/c1-10-13(24-9-12-7-17-2-3-23-12)4-14(22-21-10)20-15-8-18-11(5-16)6-19-15;1-2/h4,6,8,12,17H,2-3,7,9H2,1H3,(H,19,20,22);1-2H3. The van der Waals surface area contributed by atoms with Crippen LogP contribution < -0.4 is 15.4 Å². The Morgan fingerprint density at radius 1 is 1.31 bits per heavy atom. The summed E-state index contributed by atoms with van der Waals surface area (Å²) in [6.45, 7) is 8.59. The van der Waals surface area contributed by atoms with Gasteiger partial charge in [0.25, 0.3) is 0 Å². The van der Waals surface area contributed by atoms with Gasteiger partial charge in [-0.15, -0.1) is 10.2 Å². The molecule has 138 valence electrons. The molecule has 0 bridgehead atoms. The lowest BCUT2D eigenvalue weighted by Crippen LogP contribution is -2.41. The van der Waals surface area contributed by atoms with Crippen LogP contribution in [0.3, 0.4) is 0 Å². The minimum atomic E-state index is 0.0205. The van der Waals surface area contributed by atoms with E-state index in [1.54, 1.807) is 6.07 Å². The minimum absolute atomic E-state index is 0.0205. The second-order valence-corrected chi connectivity index (χ2v) is 5.21. The van der Waals surface area contributed by atoms with E-state index in [2.05, 4.69) is 30.8 Å². The van der Waals surface area contributed by atoms with Crippen LogP contribution in [0.15, 0.2) is 18.5 Å². The molecule has 0 radical (unpaired) electrons. The fraction of sp³-hybridized carbons (Fsp3) is 0.471. The molecule has 0 aliphatic carbocycles. The lowest BCUT2D eigenvalue weighted by atomic mass is 10.3. The summed E-state index contributed by atoms with van der Waals surface area (Å²) in [6, 6.07) is 3.66. The van der Waals surface area contributed by atoms with Crippen LogP contribution in [-0.2, 0) is 4.74 Å². The van der Waals surface area contributed by atoms with Crippen LogP contribution in [0.1, 0.15) is 25.2 Å². The first-order chi connectivity index (χ1) is 12.7. The van der Waals surface area contributed by atoms with Crippen LogP contribution in [0.2, 0.25) is 0 Å². The van der Waals surface area contributed by atoms with Crippen LogP contribution in [0, 0.1) is 18.3 Å². The van der Waals surface area contributed by atoms with Crippen molar-refractivity contribution in [3.05, 3.63) is 29.8 Å². The van der Waals surface area contributed by atoms with E-state index >= 15 is 0 Å². The molecule has 2 aromatic heterocycles. The molecular formula is C17H23N7O2. The van der Waals surface area contributed by atoms with E-state index in [1.807, 2.05) is 26.8 Å². The highest BCUT2D eigenvalue weighted by molar-refractivity contribution is 5.52. The highest BCUT2D eigenvalue weighted by atomic mass is 16.5. The Kier molecular flexibility index (Phi) is 7.67. The predicted octanol–water partition coefficient (Wildman–Crippen LogP) is 1.58. The monoisotopic (exact) mass is 357 g/mol. The molecule has 1 aliphatic rings. The maximum Gasteiger partial charge on any atom is 0.158 e. The smallest absolute Gasteiger partial charge is 0.158 e. The number of nitrogens with zero attached hydrogens (tertiary/aromatic N) is 5. The maximum atomic E-state index is 8.73. The summed E-state index contributed by atoms with van der Waals surface area (Å²) in [4.78, 5) is 8.03. The molecule has 9 heteroatoms. The lowest BCUT2D eigenvalue weighted by molar-refractivity contribution is -0.0000356. The topological polar surface area (TPSA) is 118 Å². The molecule has 3 rings (SSSR count). The largest absolute Gasteiger partial charge is 0.489 e. The van der Waals surface area contributed by atoms with Crippen molar-refractivity contribution in [3.8, 4) is 11.8 Å². The number of morpholine rings is 1. The number of aryl methyl sites for hydroxylation is 1. The first-order valence-electron chi connectivity index (χ1n) is 8.53. The molecule has 1 fully saturated rings. The summed E-state index contributed by atoms with van der Waals surface area (Å²) in [5, 5.41) is 23.1. The average Bonchev–Trinajstić information content (AvgIpc) is 2.71. The van der Waals surface area contributed by atoms with Crippen molar-refractivity contribution in [1.82, 2.24) is 25.5 Å². The Hall–Kier alpha value is -2.83. The Morgan fingerprint density at radius 3 is 2.81 bits per heavy atom. The Morgan fingerprint density at radius 2 is 2.15 bits per heavy atom. The van der Waals surface area contributed by atoms with Crippen molar-refractivity contribution in [2.75, 3.05) is 31.6 Å². The fourth-order valence-corrected chi connectivity index (χ4v) is 2.13. The van der Waals surface area contributed by atoms with Crippen LogP contribution in [-0.4, -0.2) is 52.6 Å². The summed E-state index contributed by atoms with van der Waals surface area (Å²) >= 11 is 0. The number of aromatic nitrogens is 4. The van der Waals surface area contributed by atoms with Gasteiger partial charge in [0.2, 0.25) is 0 Å². The van der Waals surface area contributed by atoms with E-state index in [0.717, 1.165) is 13.1 Å². The van der Waals surface area contributed by atoms with Crippen LogP contribution in [0.5, 0.6) is 5.75 Å². The van der Waals surface area contributed by atoms with Crippen LogP contribution in [0.4, 0.5) is 11.6 Å². The van der Waals surface area contributed by atoms with Gasteiger partial charge in [0, 0.05) is 19.2 Å². The molecule has 1 atom stereocenters. The predicted molar refractivity (Wildman–Crippen MR) is 96.3 cm³/mol. The van der Waals surface area contributed by atoms with Crippen molar-refractivity contribution in [2.24, 2.45) is 0 Å². The second kappa shape index (κ2) is 10.2. The van der Waals surface area contributed by atoms with E-state index < -0.39 is 0 Å².